The van der Waals surface area contributed by atoms with Crippen molar-refractivity contribution >= 4 is 19.4 Å². The Kier molecular flexibility index (Phi) is 21.2. The molecule has 2 rings (SSSR count). The Morgan fingerprint density at radius 2 is 1.17 bits per heavy atom. The molecule has 0 aromatic carbocycles. The van der Waals surface area contributed by atoms with Gasteiger partial charge in [0.05, 0.1) is 11.4 Å². The molecule has 4 heteroatoms. The maximum atomic E-state index is 4.19. The van der Waals surface area contributed by atoms with Crippen molar-refractivity contribution < 1.29 is 16.1 Å². The van der Waals surface area contributed by atoms with Crippen LogP contribution in [0.4, 0.5) is 0 Å². The van der Waals surface area contributed by atoms with Crippen LogP contribution in [0, 0.1) is 21.8 Å². The molecule has 2 aromatic rings. The zero-order valence-corrected chi connectivity index (χ0v) is 15.3. The summed E-state index contributed by atoms with van der Waals surface area (Å²) in [5, 5.41) is 0. The van der Waals surface area contributed by atoms with Crippen molar-refractivity contribution in [2.45, 2.75) is 6.92 Å². The van der Waals surface area contributed by atoms with Gasteiger partial charge in [0.15, 0.2) is 0 Å². The number of nitrogens with zero attached hydrogens (tertiary/aromatic N) is 2. The van der Waals surface area contributed by atoms with Gasteiger partial charge < -0.3 is 21.8 Å². The predicted molar refractivity (Wildman–Crippen MR) is 85.3 cm³/mol. The van der Waals surface area contributed by atoms with E-state index >= 15 is 0 Å². The summed E-state index contributed by atoms with van der Waals surface area (Å²) in [5.74, 6) is 0. The normalized spacial score (nSPS) is 7.17. The third kappa shape index (κ3) is 8.76. The van der Waals surface area contributed by atoms with E-state index in [4.69, 9.17) is 0 Å². The molecule has 0 amide bonds. The fourth-order valence-electron chi connectivity index (χ4n) is 1.03. The first-order valence-corrected chi connectivity index (χ1v) is 11.1. The van der Waals surface area contributed by atoms with Gasteiger partial charge in [-0.25, -0.2) is 0 Å². The second-order valence-corrected chi connectivity index (χ2v) is 2.43. The average molecular weight is 537 g/mol. The van der Waals surface area contributed by atoms with Crippen molar-refractivity contribution in [3.63, 3.8) is 0 Å². The molecule has 0 N–H and O–H groups in total. The van der Waals surface area contributed by atoms with Gasteiger partial charge in [0.25, 0.3) is 0 Å². The van der Waals surface area contributed by atoms with Crippen LogP contribution in [0.3, 0.4) is 0 Å². The molecule has 0 unspecified atom stereocenters. The first kappa shape index (κ1) is 22.9. The Morgan fingerprint density at radius 1 is 0.833 bits per heavy atom. The van der Waals surface area contributed by atoms with Gasteiger partial charge in [-0.15, -0.1) is 0 Å². The first-order chi connectivity index (χ1) is 7.97. The zero-order valence-electron chi connectivity index (χ0n) is 10.9. The number of pyridine rings is 2. The van der Waals surface area contributed by atoms with Gasteiger partial charge in [0.2, 0.25) is 0 Å². The molecule has 0 aliphatic rings. The van der Waals surface area contributed by atoms with Gasteiger partial charge in [0.1, 0.15) is 0 Å². The van der Waals surface area contributed by atoms with E-state index in [1.54, 1.807) is 19.3 Å². The minimum absolute atomic E-state index is 0. The summed E-state index contributed by atoms with van der Waals surface area (Å²) in [7, 11) is 0. The topological polar surface area (TPSA) is 25.8 Å². The molecule has 0 saturated heterocycles. The van der Waals surface area contributed by atoms with Crippen LogP contribution in [0.1, 0.15) is 6.92 Å². The molecule has 0 spiro atoms. The molecule has 18 heavy (non-hydrogen) atoms. The van der Waals surface area contributed by atoms with Crippen molar-refractivity contribution in [3.05, 3.63) is 70.6 Å². The molecule has 0 saturated carbocycles. The Morgan fingerprint density at radius 3 is 1.39 bits per heavy atom. The molecule has 105 valence electrons. The van der Waals surface area contributed by atoms with Gasteiger partial charge in [-0.3, -0.25) is 9.97 Å². The molecule has 2 heterocycles. The summed E-state index contributed by atoms with van der Waals surface area (Å²) in [5.41, 5.74) is 1.83. The van der Waals surface area contributed by atoms with E-state index in [0.29, 0.717) is 0 Å². The van der Waals surface area contributed by atoms with E-state index in [9.17, 15) is 0 Å². The van der Waals surface area contributed by atoms with E-state index in [1.165, 1.54) is 0 Å². The van der Waals surface area contributed by atoms with E-state index in [2.05, 4.69) is 52.4 Å². The molecule has 0 aliphatic heterocycles. The Balaban J connectivity index is -0.000000344. The number of hydrogen-bond donors (Lipinski definition) is 0. The van der Waals surface area contributed by atoms with Crippen molar-refractivity contribution in [3.8, 4) is 11.4 Å². The maximum Gasteiger partial charge on any atom is 0.0886 e. The Bertz CT molecular complexity index is 317. The molecule has 2 aromatic heterocycles. The van der Waals surface area contributed by atoms with Crippen LogP contribution >= 0.6 is 19.4 Å². The average Bonchev–Trinajstić information content (AvgIpc) is 2.45. The maximum absolute atomic E-state index is 4.19. The van der Waals surface area contributed by atoms with Crippen LogP contribution < -0.4 is 0 Å². The van der Waals surface area contributed by atoms with Crippen LogP contribution in [-0.4, -0.2) is 9.97 Å². The summed E-state index contributed by atoms with van der Waals surface area (Å²) < 4.78 is 0. The third-order valence-corrected chi connectivity index (χ3v) is 1.59. The van der Waals surface area contributed by atoms with Crippen LogP contribution in [0.25, 0.3) is 11.4 Å². The second kappa shape index (κ2) is 16.7. The molecule has 0 bridgehead atoms. The van der Waals surface area contributed by atoms with Gasteiger partial charge >= 0.3 is 35.5 Å². The minimum atomic E-state index is 0. The van der Waals surface area contributed by atoms with Gasteiger partial charge in [-0.1, -0.05) is 12.1 Å². The van der Waals surface area contributed by atoms with E-state index in [-0.39, 0.29) is 14.9 Å². The third-order valence-electron chi connectivity index (χ3n) is 1.59. The second-order valence-electron chi connectivity index (χ2n) is 2.43. The van der Waals surface area contributed by atoms with Gasteiger partial charge in [0, 0.05) is 12.4 Å². The quantitative estimate of drug-likeness (QED) is 0.387. The summed E-state index contributed by atoms with van der Waals surface area (Å²) in [4.78, 5) is 8.37. The number of rotatable bonds is 1. The van der Waals surface area contributed by atoms with Crippen molar-refractivity contribution in [1.82, 2.24) is 9.97 Å². The summed E-state index contributed by atoms with van der Waals surface area (Å²) in [6, 6.07) is 11.6. The minimum Gasteiger partial charge on any atom is -0.255 e. The van der Waals surface area contributed by atoms with Crippen LogP contribution in [-0.2, 0) is 16.1 Å². The fraction of sp³-hybridized carbons (Fsp3) is 0.0714. The van der Waals surface area contributed by atoms with Crippen LogP contribution in [0.15, 0.2) is 48.8 Å². The smallest absolute Gasteiger partial charge is 0.0886 e. The molecule has 0 aliphatic carbocycles. The summed E-state index contributed by atoms with van der Waals surface area (Å²) >= 11 is 4.23. The van der Waals surface area contributed by atoms with E-state index < -0.39 is 0 Å². The van der Waals surface area contributed by atoms with E-state index in [0.717, 1.165) is 11.4 Å². The molecule has 0 atom stereocenters. The Labute approximate surface area is 133 Å². The van der Waals surface area contributed by atoms with Crippen molar-refractivity contribution in [1.29, 1.82) is 0 Å². The summed E-state index contributed by atoms with van der Waals surface area (Å²) in [6.45, 7) is 5.00. The van der Waals surface area contributed by atoms with E-state index in [1.807, 2.05) is 36.4 Å². The standard InChI is InChI=1S/C10H8N2.C2H5.2CH3.HI.Pt/c1-3-7-11-9(5-1)10-6-2-4-8-12-10;1-2;;;;/h1-8H;1H2,2H3;2*1H3;1H;/q;3*-1;;+1/p-1. The fourth-order valence-corrected chi connectivity index (χ4v) is 1.03. The monoisotopic (exact) mass is 537 g/mol. The number of halogens is 1. The predicted octanol–water partition coefficient (Wildman–Crippen LogP) is 4.77. The number of aromatic nitrogens is 2. The molecular formula is C14H19IN2Pt-3. The zero-order chi connectivity index (χ0) is 12.2. The van der Waals surface area contributed by atoms with Crippen LogP contribution in [0.5, 0.6) is 0 Å². The van der Waals surface area contributed by atoms with Crippen molar-refractivity contribution in [2.24, 2.45) is 0 Å². The molecule has 0 fully saturated rings. The molecular weight excluding hydrogens is 518 g/mol. The van der Waals surface area contributed by atoms with Gasteiger partial charge in [-0.05, 0) is 24.3 Å². The largest absolute Gasteiger partial charge is 0.255 e. The Hall–Kier alpha value is -0.282. The summed E-state index contributed by atoms with van der Waals surface area (Å²) in [6.07, 6.45) is 3.54. The van der Waals surface area contributed by atoms with Gasteiger partial charge in [-0.2, -0.15) is 6.92 Å². The SMILES string of the molecule is [CH2-]C.[CH3-].[CH3-].[I][Pt].c1ccc(-c2ccccn2)nc1. The number of hydrogen-bond acceptors (Lipinski definition) is 2. The molecule has 2 nitrogen and oxygen atoms in total. The molecule has 0 radical (unpaired) electrons. The van der Waals surface area contributed by atoms with Crippen LogP contribution in [0.2, 0.25) is 0 Å². The first-order valence-electron chi connectivity index (χ1n) is 4.62. The van der Waals surface area contributed by atoms with Crippen molar-refractivity contribution in [2.75, 3.05) is 0 Å².